The van der Waals surface area contributed by atoms with Crippen LogP contribution in [0.25, 0.3) is 0 Å². The van der Waals surface area contributed by atoms with E-state index in [0.29, 0.717) is 5.75 Å². The van der Waals surface area contributed by atoms with Crippen molar-refractivity contribution >= 4 is 5.97 Å². The Morgan fingerprint density at radius 3 is 2.57 bits per heavy atom. The lowest BCUT2D eigenvalue weighted by molar-refractivity contribution is 0.0692. The zero-order chi connectivity index (χ0) is 10.7. The largest absolute Gasteiger partial charge is 0.491 e. The van der Waals surface area contributed by atoms with E-state index in [0.717, 1.165) is 6.07 Å². The number of benzene rings is 1. The van der Waals surface area contributed by atoms with Crippen LogP contribution in [0.4, 0.5) is 4.39 Å². The Hall–Kier alpha value is -1.58. The van der Waals surface area contributed by atoms with Crippen LogP contribution in [0.1, 0.15) is 24.2 Å². The minimum absolute atomic E-state index is 0.0647. The van der Waals surface area contributed by atoms with Crippen molar-refractivity contribution in [2.45, 2.75) is 20.0 Å². The SMILES string of the molecule is CC(C)Oc1ccc(C(=O)O)c(F)c1. The van der Waals surface area contributed by atoms with Gasteiger partial charge in [-0.05, 0) is 26.0 Å². The first-order valence-corrected chi connectivity index (χ1v) is 4.20. The molecule has 1 aromatic rings. The summed E-state index contributed by atoms with van der Waals surface area (Å²) < 4.78 is 18.3. The fourth-order valence-electron chi connectivity index (χ4n) is 1.01. The first kappa shape index (κ1) is 10.5. The second-order valence-corrected chi connectivity index (χ2v) is 3.11. The minimum atomic E-state index is -1.28. The number of rotatable bonds is 3. The lowest BCUT2D eigenvalue weighted by Crippen LogP contribution is -2.07. The van der Waals surface area contributed by atoms with Gasteiger partial charge in [0.15, 0.2) is 0 Å². The predicted molar refractivity (Wildman–Crippen MR) is 49.1 cm³/mol. The fourth-order valence-corrected chi connectivity index (χ4v) is 1.01. The van der Waals surface area contributed by atoms with Crippen molar-refractivity contribution in [3.05, 3.63) is 29.6 Å². The van der Waals surface area contributed by atoms with Crippen LogP contribution in [0.2, 0.25) is 0 Å². The van der Waals surface area contributed by atoms with Gasteiger partial charge in [-0.1, -0.05) is 0 Å². The predicted octanol–water partition coefficient (Wildman–Crippen LogP) is 2.31. The van der Waals surface area contributed by atoms with E-state index in [1.165, 1.54) is 12.1 Å². The highest BCUT2D eigenvalue weighted by Gasteiger charge is 2.11. The molecule has 1 rings (SSSR count). The Morgan fingerprint density at radius 2 is 2.14 bits per heavy atom. The second-order valence-electron chi connectivity index (χ2n) is 3.11. The summed E-state index contributed by atoms with van der Waals surface area (Å²) in [5, 5.41) is 8.56. The highest BCUT2D eigenvalue weighted by Crippen LogP contribution is 2.17. The molecule has 3 nitrogen and oxygen atoms in total. The van der Waals surface area contributed by atoms with Gasteiger partial charge in [0.1, 0.15) is 11.6 Å². The van der Waals surface area contributed by atoms with Crippen LogP contribution < -0.4 is 4.74 Å². The summed E-state index contributed by atoms with van der Waals surface area (Å²) >= 11 is 0. The lowest BCUT2D eigenvalue weighted by atomic mass is 10.2. The molecule has 0 unspecified atom stereocenters. The van der Waals surface area contributed by atoms with E-state index in [2.05, 4.69) is 0 Å². The van der Waals surface area contributed by atoms with Crippen molar-refractivity contribution < 1.29 is 19.0 Å². The molecule has 0 radical (unpaired) electrons. The maximum atomic E-state index is 13.1. The van der Waals surface area contributed by atoms with Crippen LogP contribution in [-0.2, 0) is 0 Å². The number of hydrogen-bond donors (Lipinski definition) is 1. The number of hydrogen-bond acceptors (Lipinski definition) is 2. The molecular formula is C10H11FO3. The molecule has 1 aromatic carbocycles. The molecule has 76 valence electrons. The number of ether oxygens (including phenoxy) is 1. The van der Waals surface area contributed by atoms with E-state index >= 15 is 0 Å². The number of aromatic carboxylic acids is 1. The number of carbonyl (C=O) groups is 1. The van der Waals surface area contributed by atoms with Crippen LogP contribution in [0.3, 0.4) is 0 Å². The molecule has 0 fully saturated rings. The standard InChI is InChI=1S/C10H11FO3/c1-6(2)14-7-3-4-8(10(12)13)9(11)5-7/h3-6H,1-2H3,(H,12,13). The molecule has 14 heavy (non-hydrogen) atoms. The Labute approximate surface area is 81.1 Å². The van der Waals surface area contributed by atoms with Crippen LogP contribution in [0, 0.1) is 5.82 Å². The monoisotopic (exact) mass is 198 g/mol. The van der Waals surface area contributed by atoms with Gasteiger partial charge in [0, 0.05) is 6.07 Å². The average molecular weight is 198 g/mol. The Balaban J connectivity index is 2.94. The van der Waals surface area contributed by atoms with Crippen molar-refractivity contribution in [3.8, 4) is 5.75 Å². The van der Waals surface area contributed by atoms with Crippen LogP contribution >= 0.6 is 0 Å². The average Bonchev–Trinajstić information content (AvgIpc) is 2.01. The van der Waals surface area contributed by atoms with E-state index in [1.807, 2.05) is 13.8 Å². The summed E-state index contributed by atoms with van der Waals surface area (Å²) in [4.78, 5) is 10.5. The summed E-state index contributed by atoms with van der Waals surface area (Å²) in [5.41, 5.74) is -0.346. The number of carboxylic acid groups (broad SMARTS) is 1. The molecule has 0 amide bonds. The topological polar surface area (TPSA) is 46.5 Å². The van der Waals surface area contributed by atoms with Gasteiger partial charge in [-0.3, -0.25) is 0 Å². The molecule has 0 atom stereocenters. The van der Waals surface area contributed by atoms with Crippen LogP contribution in [0.15, 0.2) is 18.2 Å². The molecule has 0 aliphatic heterocycles. The zero-order valence-electron chi connectivity index (χ0n) is 7.95. The van der Waals surface area contributed by atoms with Crippen LogP contribution in [-0.4, -0.2) is 17.2 Å². The summed E-state index contributed by atoms with van der Waals surface area (Å²) in [6.45, 7) is 3.62. The molecular weight excluding hydrogens is 187 g/mol. The highest BCUT2D eigenvalue weighted by molar-refractivity contribution is 5.88. The Kier molecular flexibility index (Phi) is 3.06. The van der Waals surface area contributed by atoms with Gasteiger partial charge in [-0.25, -0.2) is 9.18 Å². The molecule has 0 saturated heterocycles. The van der Waals surface area contributed by atoms with Gasteiger partial charge in [-0.15, -0.1) is 0 Å². The third kappa shape index (κ3) is 2.45. The third-order valence-corrected chi connectivity index (χ3v) is 1.54. The molecule has 0 aromatic heterocycles. The Bertz CT molecular complexity index is 347. The maximum Gasteiger partial charge on any atom is 0.338 e. The zero-order valence-corrected chi connectivity index (χ0v) is 7.95. The number of carboxylic acids is 1. The van der Waals surface area contributed by atoms with Gasteiger partial charge < -0.3 is 9.84 Å². The van der Waals surface area contributed by atoms with Gasteiger partial charge >= 0.3 is 5.97 Å². The van der Waals surface area contributed by atoms with Gasteiger partial charge in [0.05, 0.1) is 11.7 Å². The normalized spacial score (nSPS) is 10.3. The van der Waals surface area contributed by atoms with E-state index in [4.69, 9.17) is 9.84 Å². The summed E-state index contributed by atoms with van der Waals surface area (Å²) in [6, 6.07) is 3.70. The first-order valence-electron chi connectivity index (χ1n) is 4.20. The van der Waals surface area contributed by atoms with Crippen molar-refractivity contribution in [1.82, 2.24) is 0 Å². The molecule has 4 heteroatoms. The number of halogens is 1. The van der Waals surface area contributed by atoms with E-state index in [-0.39, 0.29) is 11.7 Å². The van der Waals surface area contributed by atoms with Gasteiger partial charge in [-0.2, -0.15) is 0 Å². The highest BCUT2D eigenvalue weighted by atomic mass is 19.1. The molecule has 0 aliphatic carbocycles. The summed E-state index contributed by atoms with van der Waals surface area (Å²) in [7, 11) is 0. The summed E-state index contributed by atoms with van der Waals surface area (Å²) in [6.07, 6.45) is -0.0647. The van der Waals surface area contributed by atoms with Gasteiger partial charge in [0.25, 0.3) is 0 Å². The smallest absolute Gasteiger partial charge is 0.338 e. The molecule has 0 saturated carbocycles. The van der Waals surface area contributed by atoms with Crippen molar-refractivity contribution in [2.24, 2.45) is 0 Å². The second kappa shape index (κ2) is 4.09. The van der Waals surface area contributed by atoms with E-state index < -0.39 is 11.8 Å². The molecule has 0 aliphatic rings. The maximum absolute atomic E-state index is 13.1. The van der Waals surface area contributed by atoms with Crippen LogP contribution in [0.5, 0.6) is 5.75 Å². The Morgan fingerprint density at radius 1 is 1.50 bits per heavy atom. The molecule has 0 bridgehead atoms. The fraction of sp³-hybridized carbons (Fsp3) is 0.300. The summed E-state index contributed by atoms with van der Waals surface area (Å²) in [5.74, 6) is -1.73. The minimum Gasteiger partial charge on any atom is -0.491 e. The van der Waals surface area contributed by atoms with Crippen molar-refractivity contribution in [1.29, 1.82) is 0 Å². The molecule has 0 spiro atoms. The first-order chi connectivity index (χ1) is 6.50. The molecule has 0 heterocycles. The van der Waals surface area contributed by atoms with Gasteiger partial charge in [0.2, 0.25) is 0 Å². The lowest BCUT2D eigenvalue weighted by Gasteiger charge is -2.09. The van der Waals surface area contributed by atoms with E-state index in [9.17, 15) is 9.18 Å². The molecule has 1 N–H and O–H groups in total. The van der Waals surface area contributed by atoms with Crippen molar-refractivity contribution in [3.63, 3.8) is 0 Å². The quantitative estimate of drug-likeness (QED) is 0.810. The van der Waals surface area contributed by atoms with E-state index in [1.54, 1.807) is 0 Å². The third-order valence-electron chi connectivity index (χ3n) is 1.54. The van der Waals surface area contributed by atoms with Crippen molar-refractivity contribution in [2.75, 3.05) is 0 Å².